The van der Waals surface area contributed by atoms with E-state index in [0.717, 1.165) is 49.5 Å². The lowest BCUT2D eigenvalue weighted by molar-refractivity contribution is 0.116. The van der Waals surface area contributed by atoms with Crippen molar-refractivity contribution in [1.29, 1.82) is 5.26 Å². The van der Waals surface area contributed by atoms with E-state index in [9.17, 15) is 4.21 Å². The zero-order valence-corrected chi connectivity index (χ0v) is 20.8. The second-order valence-corrected chi connectivity index (χ2v) is 11.2. The Morgan fingerprint density at radius 3 is 2.56 bits per heavy atom. The highest BCUT2D eigenvalue weighted by atomic mass is 32.2. The van der Waals surface area contributed by atoms with Crippen LogP contribution in [0.1, 0.15) is 31.1 Å². The molecule has 0 aliphatic carbocycles. The molecule has 3 unspecified atom stereocenters. The number of piperazine rings is 1. The summed E-state index contributed by atoms with van der Waals surface area (Å²) >= 11 is 0. The van der Waals surface area contributed by atoms with Crippen molar-refractivity contribution in [3.8, 4) is 11.9 Å². The van der Waals surface area contributed by atoms with Crippen LogP contribution in [0.15, 0.2) is 47.6 Å². The largest absolute Gasteiger partial charge is 0.469 e. The SMILES string of the molecule is C=S(C)(=O)c1nc2c(c(N3CCNCC3)n1)CC(C)C(c1cccc3ccccc13)O2.CC#N. The van der Waals surface area contributed by atoms with Crippen LogP contribution in [0.25, 0.3) is 10.8 Å². The van der Waals surface area contributed by atoms with E-state index in [-0.39, 0.29) is 17.2 Å². The Morgan fingerprint density at radius 2 is 1.85 bits per heavy atom. The normalized spacial score (nSPS) is 21.3. The smallest absolute Gasteiger partial charge is 0.223 e. The maximum Gasteiger partial charge on any atom is 0.223 e. The molecule has 1 fully saturated rings. The van der Waals surface area contributed by atoms with Crippen molar-refractivity contribution < 1.29 is 8.95 Å². The number of fused-ring (bicyclic) bond motifs is 2. The van der Waals surface area contributed by atoms with Crippen LogP contribution in [0.2, 0.25) is 0 Å². The molecule has 3 aromatic rings. The van der Waals surface area contributed by atoms with Gasteiger partial charge in [0.2, 0.25) is 11.0 Å². The summed E-state index contributed by atoms with van der Waals surface area (Å²) in [5.41, 5.74) is 2.17. The first-order valence-corrected chi connectivity index (χ1v) is 13.6. The van der Waals surface area contributed by atoms with Gasteiger partial charge < -0.3 is 15.0 Å². The van der Waals surface area contributed by atoms with Crippen LogP contribution in [0.4, 0.5) is 5.82 Å². The van der Waals surface area contributed by atoms with Crippen molar-refractivity contribution in [2.75, 3.05) is 37.3 Å². The lowest BCUT2D eigenvalue weighted by Crippen LogP contribution is -2.44. The molecule has 8 heteroatoms. The Hall–Kier alpha value is -3.15. The molecule has 1 N–H and O–H groups in total. The average Bonchev–Trinajstić information content (AvgIpc) is 2.83. The van der Waals surface area contributed by atoms with E-state index in [1.165, 1.54) is 17.7 Å². The van der Waals surface area contributed by atoms with Gasteiger partial charge in [0.1, 0.15) is 11.9 Å². The first-order chi connectivity index (χ1) is 16.3. The third-order valence-corrected chi connectivity index (χ3v) is 7.10. The van der Waals surface area contributed by atoms with Crippen LogP contribution in [0, 0.1) is 17.2 Å². The van der Waals surface area contributed by atoms with Crippen molar-refractivity contribution in [1.82, 2.24) is 15.3 Å². The monoisotopic (exact) mass is 477 g/mol. The van der Waals surface area contributed by atoms with Gasteiger partial charge in [0.15, 0.2) is 0 Å². The van der Waals surface area contributed by atoms with Crippen LogP contribution in [-0.2, 0) is 15.9 Å². The zero-order valence-electron chi connectivity index (χ0n) is 20.0. The molecule has 178 valence electrons. The van der Waals surface area contributed by atoms with Gasteiger partial charge in [-0.05, 0) is 23.1 Å². The predicted molar refractivity (Wildman–Crippen MR) is 138 cm³/mol. The number of rotatable bonds is 3. The van der Waals surface area contributed by atoms with Gasteiger partial charge in [0, 0.05) is 60.4 Å². The summed E-state index contributed by atoms with van der Waals surface area (Å²) in [5, 5.41) is 13.4. The minimum absolute atomic E-state index is 0.130. The third kappa shape index (κ3) is 4.86. The molecule has 3 atom stereocenters. The summed E-state index contributed by atoms with van der Waals surface area (Å²) in [4.78, 5) is 11.6. The van der Waals surface area contributed by atoms with Crippen molar-refractivity contribution >= 4 is 32.0 Å². The molecule has 1 saturated heterocycles. The predicted octanol–water partition coefficient (Wildman–Crippen LogP) is 3.59. The molecule has 0 saturated carbocycles. The number of benzene rings is 2. The fourth-order valence-corrected chi connectivity index (χ4v) is 5.13. The molecular formula is C26H31N5O2S. The Kier molecular flexibility index (Phi) is 7.05. The number of nitriles is 1. The van der Waals surface area contributed by atoms with Gasteiger partial charge in [-0.1, -0.05) is 49.4 Å². The summed E-state index contributed by atoms with van der Waals surface area (Å²) in [5.74, 6) is 5.47. The highest BCUT2D eigenvalue weighted by Crippen LogP contribution is 2.43. The van der Waals surface area contributed by atoms with E-state index in [1.54, 1.807) is 12.3 Å². The molecule has 2 aromatic carbocycles. The van der Waals surface area contributed by atoms with E-state index in [2.05, 4.69) is 70.5 Å². The van der Waals surface area contributed by atoms with Gasteiger partial charge in [-0.2, -0.15) is 10.2 Å². The van der Waals surface area contributed by atoms with E-state index >= 15 is 0 Å². The van der Waals surface area contributed by atoms with E-state index in [4.69, 9.17) is 15.0 Å². The second-order valence-electron chi connectivity index (χ2n) is 8.87. The van der Waals surface area contributed by atoms with Crippen LogP contribution in [0.5, 0.6) is 5.88 Å². The molecule has 0 amide bonds. The molecule has 5 rings (SSSR count). The molecule has 0 bridgehead atoms. The number of ether oxygens (including phenoxy) is 1. The van der Waals surface area contributed by atoms with Crippen molar-refractivity contribution in [2.45, 2.75) is 31.5 Å². The molecule has 3 heterocycles. The number of nitrogens with one attached hydrogen (secondary N) is 1. The third-order valence-electron chi connectivity index (χ3n) is 6.14. The first-order valence-electron chi connectivity index (χ1n) is 11.5. The summed E-state index contributed by atoms with van der Waals surface area (Å²) in [6, 6.07) is 16.5. The van der Waals surface area contributed by atoms with Crippen LogP contribution >= 0.6 is 0 Å². The van der Waals surface area contributed by atoms with Gasteiger partial charge in [0.05, 0.1) is 11.6 Å². The fraction of sp³-hybridized carbons (Fsp3) is 0.385. The zero-order chi connectivity index (χ0) is 24.3. The summed E-state index contributed by atoms with van der Waals surface area (Å²) in [7, 11) is -2.57. The Balaban J connectivity index is 0.000000868. The van der Waals surface area contributed by atoms with Gasteiger partial charge in [-0.25, -0.2) is 4.98 Å². The van der Waals surface area contributed by atoms with E-state index in [0.29, 0.717) is 5.88 Å². The van der Waals surface area contributed by atoms with Crippen LogP contribution < -0.4 is 15.0 Å². The van der Waals surface area contributed by atoms with Crippen LogP contribution in [0.3, 0.4) is 0 Å². The summed E-state index contributed by atoms with van der Waals surface area (Å²) < 4.78 is 19.3. The van der Waals surface area contributed by atoms with Gasteiger partial charge in [-0.15, -0.1) is 0 Å². The number of nitrogens with zero attached hydrogens (tertiary/aromatic N) is 4. The fourth-order valence-electron chi connectivity index (χ4n) is 4.57. The maximum absolute atomic E-state index is 12.8. The van der Waals surface area contributed by atoms with Crippen molar-refractivity contribution in [3.63, 3.8) is 0 Å². The minimum Gasteiger partial charge on any atom is -0.469 e. The van der Waals surface area contributed by atoms with Crippen molar-refractivity contribution in [2.24, 2.45) is 5.92 Å². The molecule has 0 spiro atoms. The molecule has 0 radical (unpaired) electrons. The first kappa shape index (κ1) is 24.0. The highest BCUT2D eigenvalue weighted by Gasteiger charge is 2.34. The number of hydrogen-bond acceptors (Lipinski definition) is 7. The van der Waals surface area contributed by atoms with E-state index < -0.39 is 9.52 Å². The second kappa shape index (κ2) is 10.00. The van der Waals surface area contributed by atoms with Gasteiger partial charge >= 0.3 is 0 Å². The molecule has 34 heavy (non-hydrogen) atoms. The van der Waals surface area contributed by atoms with Crippen LogP contribution in [-0.4, -0.2) is 52.5 Å². The molecule has 1 aromatic heterocycles. The lowest BCUT2D eigenvalue weighted by atomic mass is 9.87. The van der Waals surface area contributed by atoms with Crippen molar-refractivity contribution in [3.05, 3.63) is 53.6 Å². The minimum atomic E-state index is -2.57. The number of aromatic nitrogens is 2. The van der Waals surface area contributed by atoms with Gasteiger partial charge in [-0.3, -0.25) is 4.21 Å². The standard InChI is InChI=1S/C24H28N4O2S.C2H3N/c1-16-15-20-22(28-13-11-25-12-14-28)26-24(31(2,3)29)27-23(20)30-21(16)19-10-6-8-17-7-4-5-9-18(17)19;1-2-3/h4-10,16,21,25H,2,11-15H2,1,3H3;1H3. The highest BCUT2D eigenvalue weighted by molar-refractivity contribution is 7.99. The molecule has 2 aliphatic rings. The topological polar surface area (TPSA) is 91.1 Å². The van der Waals surface area contributed by atoms with Gasteiger partial charge in [0.25, 0.3) is 0 Å². The molecular weight excluding hydrogens is 446 g/mol. The average molecular weight is 478 g/mol. The molecule has 7 nitrogen and oxygen atoms in total. The summed E-state index contributed by atoms with van der Waals surface area (Å²) in [6.45, 7) is 7.15. The Labute approximate surface area is 201 Å². The lowest BCUT2D eigenvalue weighted by Gasteiger charge is -2.36. The Bertz CT molecular complexity index is 1320. The Morgan fingerprint density at radius 1 is 1.18 bits per heavy atom. The summed E-state index contributed by atoms with van der Waals surface area (Å²) in [6.07, 6.45) is 2.27. The van der Waals surface area contributed by atoms with E-state index in [1.807, 2.05) is 0 Å². The maximum atomic E-state index is 12.8. The number of hydrogen-bond donors (Lipinski definition) is 1. The quantitative estimate of drug-likeness (QED) is 0.455. The number of anilines is 1. The molecule has 2 aliphatic heterocycles.